The first-order valence-electron chi connectivity index (χ1n) is 9.33. The van der Waals surface area contributed by atoms with Crippen molar-refractivity contribution in [2.45, 2.75) is 64.3 Å². The maximum absolute atomic E-state index is 12.5. The minimum atomic E-state index is -3.81. The van der Waals surface area contributed by atoms with Gasteiger partial charge in [0.25, 0.3) is 5.56 Å². The van der Waals surface area contributed by atoms with E-state index >= 15 is 0 Å². The Morgan fingerprint density at radius 3 is 2.79 bits per heavy atom. The van der Waals surface area contributed by atoms with Crippen molar-refractivity contribution < 1.29 is 23.5 Å². The highest BCUT2D eigenvalue weighted by molar-refractivity contribution is 14.1. The molecule has 12 heteroatoms. The fourth-order valence-electron chi connectivity index (χ4n) is 3.08. The van der Waals surface area contributed by atoms with Crippen molar-refractivity contribution >= 4 is 47.2 Å². The van der Waals surface area contributed by atoms with E-state index in [9.17, 15) is 14.3 Å². The number of hydrogen-bond donors (Lipinski definition) is 3. The summed E-state index contributed by atoms with van der Waals surface area (Å²) in [5, 5.41) is 0.415. The fourth-order valence-corrected chi connectivity index (χ4v) is 4.72. The molecule has 0 amide bonds. The largest absolute Gasteiger partial charge is 0.376 e. The summed E-state index contributed by atoms with van der Waals surface area (Å²) in [6.45, 7) is 7.27. The van der Waals surface area contributed by atoms with Gasteiger partial charge in [0.15, 0.2) is 5.65 Å². The number of aromatic nitrogens is 3. The predicted molar refractivity (Wildman–Crippen MR) is 117 cm³/mol. The quantitative estimate of drug-likeness (QED) is 0.360. The van der Waals surface area contributed by atoms with Crippen molar-refractivity contribution in [1.29, 1.82) is 0 Å². The van der Waals surface area contributed by atoms with Crippen LogP contribution in [-0.2, 0) is 18.6 Å². The van der Waals surface area contributed by atoms with Crippen LogP contribution in [0.2, 0.25) is 0 Å². The number of H-pyrrole nitrogens is 1. The average molecular weight is 540 g/mol. The Bertz CT molecular complexity index is 990. The molecule has 0 radical (unpaired) electrons. The number of nitrogens with one attached hydrogen (secondary N) is 1. The van der Waals surface area contributed by atoms with Crippen LogP contribution in [0, 0.1) is 3.57 Å². The monoisotopic (exact) mass is 540 g/mol. The van der Waals surface area contributed by atoms with Crippen molar-refractivity contribution in [2.24, 2.45) is 0 Å². The summed E-state index contributed by atoms with van der Waals surface area (Å²) in [6.07, 6.45) is 0.284. The number of halogens is 1. The van der Waals surface area contributed by atoms with Gasteiger partial charge >= 0.3 is 7.60 Å². The summed E-state index contributed by atoms with van der Waals surface area (Å²) >= 11 is 2.05. The molecule has 0 spiro atoms. The normalized spacial score (nSPS) is 24.6. The van der Waals surface area contributed by atoms with E-state index < -0.39 is 31.7 Å². The number of rotatable bonds is 7. The molecular weight excluding hydrogens is 514 g/mol. The van der Waals surface area contributed by atoms with E-state index in [1.807, 2.05) is 13.8 Å². The Kier molecular flexibility index (Phi) is 6.76. The number of nitrogen functional groups attached to an aromatic ring is 1. The lowest BCUT2D eigenvalue weighted by molar-refractivity contribution is -0.0704. The molecule has 162 valence electrons. The lowest BCUT2D eigenvalue weighted by Crippen LogP contribution is -2.30. The van der Waals surface area contributed by atoms with Crippen LogP contribution in [0.3, 0.4) is 0 Å². The van der Waals surface area contributed by atoms with Crippen LogP contribution in [-0.4, -0.2) is 50.0 Å². The standard InChI is InChI=1S/C17H26IN4O6P/c1-8(2)26-7-12-11(28-29(24,25)9(3)4)5-13(27-12)22-6-10(18)14-15(22)20-17(19)21-16(14)23/h6,8-9,11-13H,5,7H2,1-4H3,(H,24,25)(H3,19,20,21,23)/t11-,12-,13-/m1/s1. The summed E-state index contributed by atoms with van der Waals surface area (Å²) in [6, 6.07) is 0. The van der Waals surface area contributed by atoms with E-state index in [1.54, 1.807) is 24.6 Å². The van der Waals surface area contributed by atoms with Crippen LogP contribution in [0.15, 0.2) is 11.0 Å². The van der Waals surface area contributed by atoms with Gasteiger partial charge in [0.1, 0.15) is 12.3 Å². The third-order valence-electron chi connectivity index (χ3n) is 4.68. The molecule has 1 saturated heterocycles. The van der Waals surface area contributed by atoms with Gasteiger partial charge in [-0.15, -0.1) is 0 Å². The minimum Gasteiger partial charge on any atom is -0.376 e. The van der Waals surface area contributed by atoms with Gasteiger partial charge in [-0.3, -0.25) is 14.3 Å². The maximum Gasteiger partial charge on any atom is 0.330 e. The molecule has 1 unspecified atom stereocenters. The SMILES string of the molecule is CC(C)OC[C@H]1O[C@@H](n2cc(I)c3c(=O)[nH]c(N)nc32)C[C@H]1OP(=O)(O)C(C)C. The van der Waals surface area contributed by atoms with Gasteiger partial charge in [-0.2, -0.15) is 4.98 Å². The zero-order valence-corrected chi connectivity index (χ0v) is 19.7. The molecule has 0 aliphatic carbocycles. The fraction of sp³-hybridized carbons (Fsp3) is 0.647. The average Bonchev–Trinajstić information content (AvgIpc) is 3.13. The van der Waals surface area contributed by atoms with E-state index in [4.69, 9.17) is 19.7 Å². The number of anilines is 1. The number of fused-ring (bicyclic) bond motifs is 1. The Morgan fingerprint density at radius 1 is 1.48 bits per heavy atom. The minimum absolute atomic E-state index is 0.00315. The third kappa shape index (κ3) is 4.86. The summed E-state index contributed by atoms with van der Waals surface area (Å²) in [7, 11) is -3.81. The second kappa shape index (κ2) is 8.64. The zero-order chi connectivity index (χ0) is 21.5. The van der Waals surface area contributed by atoms with Crippen molar-refractivity contribution in [2.75, 3.05) is 12.3 Å². The van der Waals surface area contributed by atoms with Crippen LogP contribution in [0.5, 0.6) is 0 Å². The summed E-state index contributed by atoms with van der Waals surface area (Å²) in [4.78, 5) is 29.2. The van der Waals surface area contributed by atoms with E-state index in [1.165, 1.54) is 0 Å². The molecule has 1 fully saturated rings. The molecule has 1 aliphatic rings. The molecule has 3 rings (SSSR count). The van der Waals surface area contributed by atoms with Crippen LogP contribution in [0.4, 0.5) is 5.95 Å². The first kappa shape index (κ1) is 22.7. The molecule has 0 bridgehead atoms. The van der Waals surface area contributed by atoms with Crippen LogP contribution >= 0.6 is 30.2 Å². The lowest BCUT2D eigenvalue weighted by Gasteiger charge is -2.24. The number of ether oxygens (including phenoxy) is 2. The van der Waals surface area contributed by atoms with Gasteiger partial charge < -0.3 is 29.2 Å². The van der Waals surface area contributed by atoms with Crippen LogP contribution in [0.1, 0.15) is 40.3 Å². The van der Waals surface area contributed by atoms with E-state index in [0.29, 0.717) is 21.0 Å². The predicted octanol–water partition coefficient (Wildman–Crippen LogP) is 2.60. The summed E-state index contributed by atoms with van der Waals surface area (Å²) in [5.74, 6) is 0.00315. The van der Waals surface area contributed by atoms with E-state index in [2.05, 4.69) is 32.6 Å². The topological polar surface area (TPSA) is 142 Å². The molecule has 29 heavy (non-hydrogen) atoms. The molecule has 0 saturated carbocycles. The summed E-state index contributed by atoms with van der Waals surface area (Å²) < 4.78 is 32.3. The molecule has 0 aromatic carbocycles. The van der Waals surface area contributed by atoms with E-state index in [-0.39, 0.29) is 24.2 Å². The highest BCUT2D eigenvalue weighted by Gasteiger charge is 2.42. The van der Waals surface area contributed by atoms with Gasteiger partial charge in [0.2, 0.25) is 5.95 Å². The van der Waals surface area contributed by atoms with Crippen molar-refractivity contribution in [1.82, 2.24) is 14.5 Å². The van der Waals surface area contributed by atoms with Gasteiger partial charge in [0.05, 0.1) is 29.9 Å². The Morgan fingerprint density at radius 2 is 2.17 bits per heavy atom. The van der Waals surface area contributed by atoms with Gasteiger partial charge in [-0.05, 0) is 36.4 Å². The van der Waals surface area contributed by atoms with Gasteiger partial charge in [-0.25, -0.2) is 0 Å². The summed E-state index contributed by atoms with van der Waals surface area (Å²) in [5.41, 5.74) is 5.23. The molecule has 2 aromatic heterocycles. The smallest absolute Gasteiger partial charge is 0.330 e. The Labute approximate surface area is 181 Å². The van der Waals surface area contributed by atoms with Crippen LogP contribution < -0.4 is 11.3 Å². The van der Waals surface area contributed by atoms with Gasteiger partial charge in [-0.1, -0.05) is 13.8 Å². The Hall–Kier alpha value is -0.980. The second-order valence-corrected chi connectivity index (χ2v) is 11.1. The molecule has 4 atom stereocenters. The number of nitrogens with two attached hydrogens (primary N) is 1. The molecule has 3 heterocycles. The molecule has 2 aromatic rings. The maximum atomic E-state index is 12.5. The van der Waals surface area contributed by atoms with Crippen molar-refractivity contribution in [3.63, 3.8) is 0 Å². The second-order valence-electron chi connectivity index (χ2n) is 7.58. The molecular formula is C17H26IN4O6P. The number of nitrogens with zero attached hydrogens (tertiary/aromatic N) is 2. The zero-order valence-electron chi connectivity index (χ0n) is 16.7. The number of hydrogen-bond acceptors (Lipinski definition) is 7. The molecule has 10 nitrogen and oxygen atoms in total. The molecule has 4 N–H and O–H groups in total. The van der Waals surface area contributed by atoms with Gasteiger partial charge in [0, 0.05) is 16.2 Å². The first-order valence-corrected chi connectivity index (χ1v) is 12.1. The van der Waals surface area contributed by atoms with Crippen LogP contribution in [0.25, 0.3) is 11.0 Å². The third-order valence-corrected chi connectivity index (χ3v) is 7.37. The first-order chi connectivity index (χ1) is 13.5. The number of aromatic amines is 1. The Balaban J connectivity index is 1.94. The highest BCUT2D eigenvalue weighted by Crippen LogP contribution is 2.51. The molecule has 1 aliphatic heterocycles. The highest BCUT2D eigenvalue weighted by atomic mass is 127. The van der Waals surface area contributed by atoms with E-state index in [0.717, 1.165) is 0 Å². The lowest BCUT2D eigenvalue weighted by atomic mass is 10.2. The van der Waals surface area contributed by atoms with Crippen molar-refractivity contribution in [3.8, 4) is 0 Å². The van der Waals surface area contributed by atoms with Crippen molar-refractivity contribution in [3.05, 3.63) is 20.1 Å².